The van der Waals surface area contributed by atoms with Crippen LogP contribution in [0.15, 0.2) is 15.4 Å². The molecule has 0 saturated heterocycles. The standard InChI is InChI=1S/C8H14N2O6P2S2/c11-17(12,13)8(18(14,15)16)9-4-2-1-3-7-10-6(19)5-20-7/h5,11-13H,1-4H2,(H2-,14,15,16,19)/p+1. The third-order valence-corrected chi connectivity index (χ3v) is 6.36. The molecule has 0 aliphatic heterocycles. The van der Waals surface area contributed by atoms with Crippen molar-refractivity contribution in [2.75, 3.05) is 6.54 Å². The van der Waals surface area contributed by atoms with Crippen molar-refractivity contribution < 1.29 is 29.0 Å². The molecule has 20 heavy (non-hydrogen) atoms. The predicted molar refractivity (Wildman–Crippen MR) is 80.2 cm³/mol. The van der Waals surface area contributed by atoms with Crippen LogP contribution in [0.5, 0.6) is 0 Å². The molecule has 0 bridgehead atoms. The van der Waals surface area contributed by atoms with Gasteiger partial charge < -0.3 is 9.79 Å². The van der Waals surface area contributed by atoms with E-state index in [1.165, 1.54) is 11.3 Å². The van der Waals surface area contributed by atoms with Crippen LogP contribution in [0.3, 0.4) is 0 Å². The molecule has 5 N–H and O–H groups in total. The summed E-state index contributed by atoms with van der Waals surface area (Å²) in [7, 11) is -9.76. The van der Waals surface area contributed by atoms with E-state index >= 15 is 0 Å². The number of rotatable bonds is 7. The van der Waals surface area contributed by atoms with E-state index in [1.54, 1.807) is 5.38 Å². The fourth-order valence-corrected chi connectivity index (χ4v) is 4.37. The van der Waals surface area contributed by atoms with Gasteiger partial charge in [0.15, 0.2) is 0 Å². The van der Waals surface area contributed by atoms with E-state index in [4.69, 9.17) is 24.5 Å². The van der Waals surface area contributed by atoms with E-state index in [1.807, 2.05) is 0 Å². The quantitative estimate of drug-likeness (QED) is 0.184. The Morgan fingerprint density at radius 1 is 1.40 bits per heavy atom. The van der Waals surface area contributed by atoms with Gasteiger partial charge in [-0.1, -0.05) is 0 Å². The number of aromatic nitrogens is 1. The van der Waals surface area contributed by atoms with Crippen molar-refractivity contribution in [3.05, 3.63) is 10.4 Å². The Balaban J connectivity index is 2.48. The Kier molecular flexibility index (Phi) is 6.72. The Morgan fingerprint density at radius 3 is 2.50 bits per heavy atom. The largest absolute Gasteiger partial charge is 0.469 e. The molecule has 0 saturated carbocycles. The second kappa shape index (κ2) is 7.40. The first-order valence-electron chi connectivity index (χ1n) is 5.42. The maximum atomic E-state index is 11.0. The SMILES string of the molecule is O=P(O)(O)C(=NCCCCc1nc(S)cs1)[P+](O)(O)O. The summed E-state index contributed by atoms with van der Waals surface area (Å²) in [5.74, 6) is 0. The first-order valence-corrected chi connectivity index (χ1v) is 10.0. The van der Waals surface area contributed by atoms with Gasteiger partial charge in [0.25, 0.3) is 0 Å². The van der Waals surface area contributed by atoms with Gasteiger partial charge >= 0.3 is 20.7 Å². The molecule has 1 aromatic rings. The van der Waals surface area contributed by atoms with E-state index in [2.05, 4.69) is 22.6 Å². The first-order chi connectivity index (χ1) is 9.10. The Labute approximate surface area is 125 Å². The molecule has 1 rings (SSSR count). The molecule has 0 amide bonds. The van der Waals surface area contributed by atoms with Crippen LogP contribution < -0.4 is 0 Å². The zero-order chi connectivity index (χ0) is 15.4. The maximum absolute atomic E-state index is 11.0. The predicted octanol–water partition coefficient (Wildman–Crippen LogP) is 1.03. The summed E-state index contributed by atoms with van der Waals surface area (Å²) in [6.07, 6.45) is 1.79. The highest BCUT2D eigenvalue weighted by atomic mass is 32.1. The lowest BCUT2D eigenvalue weighted by Gasteiger charge is -2.07. The molecule has 0 unspecified atom stereocenters. The van der Waals surface area contributed by atoms with E-state index in [-0.39, 0.29) is 6.54 Å². The van der Waals surface area contributed by atoms with E-state index in [0.29, 0.717) is 24.3 Å². The van der Waals surface area contributed by atoms with Crippen molar-refractivity contribution in [3.8, 4) is 0 Å². The highest BCUT2D eigenvalue weighted by Gasteiger charge is 2.51. The summed E-state index contributed by atoms with van der Waals surface area (Å²) in [6.45, 7) is -0.0248. The van der Waals surface area contributed by atoms with Crippen LogP contribution in [-0.4, -0.2) is 41.2 Å². The fourth-order valence-electron chi connectivity index (χ4n) is 1.34. The van der Waals surface area contributed by atoms with Gasteiger partial charge in [0, 0.05) is 11.9 Å². The monoisotopic (exact) mass is 361 g/mol. The first kappa shape index (κ1) is 18.2. The molecule has 114 valence electrons. The van der Waals surface area contributed by atoms with Crippen molar-refractivity contribution in [2.24, 2.45) is 4.99 Å². The van der Waals surface area contributed by atoms with Crippen LogP contribution in [0.4, 0.5) is 0 Å². The molecular formula is C8H15N2O6P2S2+. The normalized spacial score (nSPS) is 13.8. The lowest BCUT2D eigenvalue weighted by Crippen LogP contribution is -2.07. The summed E-state index contributed by atoms with van der Waals surface area (Å²) in [6, 6.07) is 0. The van der Waals surface area contributed by atoms with E-state index in [0.717, 1.165) is 5.01 Å². The second-order valence-corrected chi connectivity index (χ2v) is 8.68. The summed E-state index contributed by atoms with van der Waals surface area (Å²) in [5, 5.41) is 2.09. The third-order valence-electron chi connectivity index (χ3n) is 2.12. The van der Waals surface area contributed by atoms with Crippen LogP contribution in [0, 0.1) is 0 Å². The molecule has 0 aliphatic rings. The van der Waals surface area contributed by atoms with E-state index in [9.17, 15) is 4.57 Å². The molecule has 12 heteroatoms. The van der Waals surface area contributed by atoms with Crippen molar-refractivity contribution in [2.45, 2.75) is 24.3 Å². The number of thiazole rings is 1. The fraction of sp³-hybridized carbons (Fsp3) is 0.500. The number of hydrogen-bond donors (Lipinski definition) is 6. The van der Waals surface area contributed by atoms with Gasteiger partial charge in [0.1, 0.15) is 5.03 Å². The van der Waals surface area contributed by atoms with Gasteiger partial charge in [-0.15, -0.1) is 24.0 Å². The van der Waals surface area contributed by atoms with Gasteiger partial charge in [0.2, 0.25) is 0 Å². The molecule has 0 radical (unpaired) electrons. The number of thiol groups is 1. The zero-order valence-electron chi connectivity index (χ0n) is 10.2. The van der Waals surface area contributed by atoms with Gasteiger partial charge in [-0.25, -0.2) is 14.5 Å². The van der Waals surface area contributed by atoms with Crippen molar-refractivity contribution >= 4 is 44.7 Å². The maximum Gasteiger partial charge on any atom is 0.469 e. The molecule has 0 aliphatic carbocycles. The van der Waals surface area contributed by atoms with Crippen molar-refractivity contribution in [1.29, 1.82) is 0 Å². The average molecular weight is 361 g/mol. The minimum Gasteiger partial charge on any atom is -0.317 e. The molecule has 0 atom stereocenters. The number of aliphatic imine (C=N–C) groups is 1. The highest BCUT2D eigenvalue weighted by molar-refractivity contribution is 8.00. The number of nitrogens with zero attached hydrogens (tertiary/aromatic N) is 2. The van der Waals surface area contributed by atoms with Crippen LogP contribution >= 0.6 is 39.5 Å². The number of aryl methyl sites for hydroxylation is 1. The van der Waals surface area contributed by atoms with Gasteiger partial charge in [-0.3, -0.25) is 0 Å². The lowest BCUT2D eigenvalue weighted by molar-refractivity contribution is 0.348. The van der Waals surface area contributed by atoms with E-state index < -0.39 is 20.7 Å². The van der Waals surface area contributed by atoms with Crippen LogP contribution in [-0.2, 0) is 11.0 Å². The van der Waals surface area contributed by atoms with Gasteiger partial charge in [-0.2, -0.15) is 14.7 Å². The zero-order valence-corrected chi connectivity index (χ0v) is 13.7. The summed E-state index contributed by atoms with van der Waals surface area (Å²) < 4.78 is 11.0. The summed E-state index contributed by atoms with van der Waals surface area (Å²) in [4.78, 5) is 52.1. The topological polar surface area (TPSA) is 143 Å². The van der Waals surface area contributed by atoms with Crippen LogP contribution in [0.2, 0.25) is 0 Å². The molecule has 0 spiro atoms. The smallest absolute Gasteiger partial charge is 0.317 e. The number of hydrogen-bond acceptors (Lipinski definition) is 8. The average Bonchev–Trinajstić information content (AvgIpc) is 2.65. The van der Waals surface area contributed by atoms with Crippen molar-refractivity contribution in [3.63, 3.8) is 0 Å². The molecule has 0 fully saturated rings. The summed E-state index contributed by atoms with van der Waals surface area (Å²) in [5.41, 5.74) is 0. The Bertz CT molecular complexity index is 523. The van der Waals surface area contributed by atoms with Gasteiger partial charge in [-0.05, 0) is 19.3 Å². The third kappa shape index (κ3) is 6.26. The molecule has 1 heterocycles. The number of unbranched alkanes of at least 4 members (excludes halogenated alkanes) is 1. The van der Waals surface area contributed by atoms with Gasteiger partial charge in [0.05, 0.1) is 5.01 Å². The molecule has 1 aromatic heterocycles. The minimum atomic E-state index is -4.97. The summed E-state index contributed by atoms with van der Waals surface area (Å²) >= 11 is 5.53. The second-order valence-electron chi connectivity index (χ2n) is 3.85. The lowest BCUT2D eigenvalue weighted by atomic mass is 10.2. The highest BCUT2D eigenvalue weighted by Crippen LogP contribution is 2.60. The van der Waals surface area contributed by atoms with Crippen LogP contribution in [0.1, 0.15) is 17.8 Å². The molecular weight excluding hydrogens is 346 g/mol. The van der Waals surface area contributed by atoms with Crippen LogP contribution in [0.25, 0.3) is 0 Å². The minimum absolute atomic E-state index is 0.0248. The molecule has 8 nitrogen and oxygen atoms in total. The Morgan fingerprint density at radius 2 is 2.05 bits per heavy atom. The van der Waals surface area contributed by atoms with Crippen molar-refractivity contribution in [1.82, 2.24) is 4.98 Å². The Hall–Kier alpha value is 0.110. The molecule has 0 aromatic carbocycles.